The maximum absolute atomic E-state index is 13.6. The molecule has 0 radical (unpaired) electrons. The summed E-state index contributed by atoms with van der Waals surface area (Å²) in [4.78, 5) is 23.6. The number of pyridine rings is 2. The highest BCUT2D eigenvalue weighted by atomic mass is 35.5. The Hall–Kier alpha value is -2.77. The summed E-state index contributed by atoms with van der Waals surface area (Å²) in [5, 5.41) is 3.91. The van der Waals surface area contributed by atoms with E-state index < -0.39 is 0 Å². The minimum absolute atomic E-state index is 0. The smallest absolute Gasteiger partial charge is 0.257 e. The molecule has 146 valence electrons. The fraction of sp³-hybridized carbons (Fsp3) is 0.250. The second-order valence-corrected chi connectivity index (χ2v) is 6.41. The van der Waals surface area contributed by atoms with E-state index in [9.17, 15) is 9.18 Å². The Morgan fingerprint density at radius 3 is 2.75 bits per heavy atom. The monoisotopic (exact) mass is 402 g/mol. The van der Waals surface area contributed by atoms with Crippen molar-refractivity contribution in [3.8, 4) is 0 Å². The van der Waals surface area contributed by atoms with Crippen LogP contribution >= 0.6 is 12.4 Å². The van der Waals surface area contributed by atoms with E-state index in [1.54, 1.807) is 17.0 Å². The SMILES string of the molecule is Cc1ccc2c(Nc3cccc(F)c3)c(C(=O)N3CCOCC3)cnc2n1.Cl. The molecule has 8 heteroatoms. The van der Waals surface area contributed by atoms with Gasteiger partial charge in [-0.3, -0.25) is 4.79 Å². The summed E-state index contributed by atoms with van der Waals surface area (Å²) in [7, 11) is 0. The number of anilines is 2. The standard InChI is InChI=1S/C20H19FN4O2.ClH/c1-13-5-6-16-18(24-15-4-2-3-14(21)11-15)17(12-22-19(16)23-13)20(26)25-7-9-27-10-8-25;/h2-6,11-12H,7-10H2,1H3,(H,22,23,24);1H. The summed E-state index contributed by atoms with van der Waals surface area (Å²) in [6.07, 6.45) is 1.54. The van der Waals surface area contributed by atoms with E-state index >= 15 is 0 Å². The van der Waals surface area contributed by atoms with Crippen LogP contribution in [0.3, 0.4) is 0 Å². The lowest BCUT2D eigenvalue weighted by Gasteiger charge is -2.27. The predicted octanol–water partition coefficient (Wildman–Crippen LogP) is 3.72. The number of nitrogens with zero attached hydrogens (tertiary/aromatic N) is 3. The molecule has 0 bridgehead atoms. The number of hydrogen-bond acceptors (Lipinski definition) is 5. The minimum atomic E-state index is -0.353. The van der Waals surface area contributed by atoms with Gasteiger partial charge in [-0.25, -0.2) is 14.4 Å². The summed E-state index contributed by atoms with van der Waals surface area (Å²) in [6.45, 7) is 3.97. The Morgan fingerprint density at radius 1 is 1.21 bits per heavy atom. The Bertz CT molecular complexity index is 1010. The fourth-order valence-corrected chi connectivity index (χ4v) is 3.12. The van der Waals surface area contributed by atoms with E-state index in [-0.39, 0.29) is 24.1 Å². The van der Waals surface area contributed by atoms with Crippen molar-refractivity contribution in [1.82, 2.24) is 14.9 Å². The van der Waals surface area contributed by atoms with Crippen molar-refractivity contribution in [1.29, 1.82) is 0 Å². The van der Waals surface area contributed by atoms with Gasteiger partial charge in [-0.05, 0) is 37.3 Å². The van der Waals surface area contributed by atoms with Gasteiger partial charge in [0.1, 0.15) is 5.82 Å². The summed E-state index contributed by atoms with van der Waals surface area (Å²) in [6, 6.07) is 9.87. The highest BCUT2D eigenvalue weighted by Gasteiger charge is 2.23. The van der Waals surface area contributed by atoms with Crippen molar-refractivity contribution in [3.63, 3.8) is 0 Å². The third-order valence-corrected chi connectivity index (χ3v) is 4.49. The van der Waals surface area contributed by atoms with Crippen molar-refractivity contribution in [3.05, 3.63) is 59.7 Å². The van der Waals surface area contributed by atoms with E-state index in [4.69, 9.17) is 4.74 Å². The Labute approximate surface area is 168 Å². The Morgan fingerprint density at radius 2 is 2.00 bits per heavy atom. The van der Waals surface area contributed by atoms with Gasteiger partial charge in [0.2, 0.25) is 0 Å². The summed E-state index contributed by atoms with van der Waals surface area (Å²) in [5.41, 5.74) is 2.93. The minimum Gasteiger partial charge on any atom is -0.378 e. The number of morpholine rings is 1. The maximum Gasteiger partial charge on any atom is 0.257 e. The second-order valence-electron chi connectivity index (χ2n) is 6.41. The van der Waals surface area contributed by atoms with Gasteiger partial charge in [0, 0.05) is 36.1 Å². The number of halogens is 2. The normalized spacial score (nSPS) is 13.9. The van der Waals surface area contributed by atoms with Crippen LogP contribution in [-0.2, 0) is 4.74 Å². The largest absolute Gasteiger partial charge is 0.378 e. The molecule has 1 saturated heterocycles. The number of nitrogens with one attached hydrogen (secondary N) is 1. The average molecular weight is 403 g/mol. The molecule has 28 heavy (non-hydrogen) atoms. The van der Waals surface area contributed by atoms with Gasteiger partial charge in [-0.2, -0.15) is 0 Å². The molecular weight excluding hydrogens is 383 g/mol. The third kappa shape index (κ3) is 4.05. The average Bonchev–Trinajstić information content (AvgIpc) is 2.68. The molecule has 1 N–H and O–H groups in total. The number of amides is 1. The zero-order valence-electron chi connectivity index (χ0n) is 15.3. The number of ether oxygens (including phenoxy) is 1. The van der Waals surface area contributed by atoms with Crippen molar-refractivity contribution in [2.24, 2.45) is 0 Å². The first kappa shape index (κ1) is 20.0. The van der Waals surface area contributed by atoms with Gasteiger partial charge in [-0.15, -0.1) is 12.4 Å². The van der Waals surface area contributed by atoms with Gasteiger partial charge in [0.05, 0.1) is 24.5 Å². The highest BCUT2D eigenvalue weighted by Crippen LogP contribution is 2.30. The van der Waals surface area contributed by atoms with Crippen molar-refractivity contribution >= 4 is 40.7 Å². The van der Waals surface area contributed by atoms with E-state index in [0.717, 1.165) is 5.69 Å². The van der Waals surface area contributed by atoms with E-state index in [0.29, 0.717) is 54.3 Å². The Kier molecular flexibility index (Phi) is 6.06. The van der Waals surface area contributed by atoms with Crippen LogP contribution in [0.5, 0.6) is 0 Å². The topological polar surface area (TPSA) is 67.4 Å². The highest BCUT2D eigenvalue weighted by molar-refractivity contribution is 6.07. The fourth-order valence-electron chi connectivity index (χ4n) is 3.12. The molecule has 1 amide bonds. The molecule has 1 aliphatic heterocycles. The number of benzene rings is 1. The van der Waals surface area contributed by atoms with E-state index in [1.165, 1.54) is 18.3 Å². The van der Waals surface area contributed by atoms with Crippen LogP contribution in [0.1, 0.15) is 16.1 Å². The molecule has 6 nitrogen and oxygen atoms in total. The first-order valence-electron chi connectivity index (χ1n) is 8.78. The summed E-state index contributed by atoms with van der Waals surface area (Å²) in [5.74, 6) is -0.486. The number of hydrogen-bond donors (Lipinski definition) is 1. The van der Waals surface area contributed by atoms with Crippen LogP contribution in [0.25, 0.3) is 11.0 Å². The molecule has 1 fully saturated rings. The van der Waals surface area contributed by atoms with Crippen LogP contribution in [0, 0.1) is 12.7 Å². The number of rotatable bonds is 3. The predicted molar refractivity (Wildman–Crippen MR) is 108 cm³/mol. The number of fused-ring (bicyclic) bond motifs is 1. The molecule has 4 rings (SSSR count). The quantitative estimate of drug-likeness (QED) is 0.723. The summed E-state index contributed by atoms with van der Waals surface area (Å²) < 4.78 is 19.0. The molecular formula is C20H20ClFN4O2. The lowest BCUT2D eigenvalue weighted by atomic mass is 10.1. The van der Waals surface area contributed by atoms with Crippen molar-refractivity contribution < 1.29 is 13.9 Å². The molecule has 3 aromatic rings. The van der Waals surface area contributed by atoms with Gasteiger partial charge >= 0.3 is 0 Å². The molecule has 0 spiro atoms. The zero-order valence-corrected chi connectivity index (χ0v) is 16.1. The number of carbonyl (C=O) groups is 1. The van der Waals surface area contributed by atoms with Crippen LogP contribution in [-0.4, -0.2) is 47.1 Å². The Balaban J connectivity index is 0.00000225. The summed E-state index contributed by atoms with van der Waals surface area (Å²) >= 11 is 0. The number of carbonyl (C=O) groups excluding carboxylic acids is 1. The van der Waals surface area contributed by atoms with Crippen LogP contribution in [0.2, 0.25) is 0 Å². The van der Waals surface area contributed by atoms with E-state index in [1.807, 2.05) is 19.1 Å². The van der Waals surface area contributed by atoms with Crippen LogP contribution in [0.4, 0.5) is 15.8 Å². The third-order valence-electron chi connectivity index (χ3n) is 4.49. The molecule has 1 aliphatic rings. The van der Waals surface area contributed by atoms with Crippen LogP contribution in [0.15, 0.2) is 42.6 Å². The van der Waals surface area contributed by atoms with Crippen molar-refractivity contribution in [2.45, 2.75) is 6.92 Å². The zero-order chi connectivity index (χ0) is 18.8. The van der Waals surface area contributed by atoms with Gasteiger partial charge in [0.25, 0.3) is 5.91 Å². The number of aryl methyl sites for hydroxylation is 1. The molecule has 0 unspecified atom stereocenters. The maximum atomic E-state index is 13.6. The number of aromatic nitrogens is 2. The van der Waals surface area contributed by atoms with Gasteiger partial charge < -0.3 is 15.0 Å². The van der Waals surface area contributed by atoms with Crippen molar-refractivity contribution in [2.75, 3.05) is 31.6 Å². The molecule has 0 aliphatic carbocycles. The van der Waals surface area contributed by atoms with Gasteiger partial charge in [-0.1, -0.05) is 6.07 Å². The van der Waals surface area contributed by atoms with Gasteiger partial charge in [0.15, 0.2) is 5.65 Å². The molecule has 2 aromatic heterocycles. The first-order chi connectivity index (χ1) is 13.1. The van der Waals surface area contributed by atoms with Crippen LogP contribution < -0.4 is 5.32 Å². The van der Waals surface area contributed by atoms with E-state index in [2.05, 4.69) is 15.3 Å². The lowest BCUT2D eigenvalue weighted by Crippen LogP contribution is -2.41. The molecule has 1 aromatic carbocycles. The molecule has 3 heterocycles. The molecule has 0 saturated carbocycles. The lowest BCUT2D eigenvalue weighted by molar-refractivity contribution is 0.0303. The first-order valence-corrected chi connectivity index (χ1v) is 8.78. The second kappa shape index (κ2) is 8.50. The molecule has 0 atom stereocenters.